The van der Waals surface area contributed by atoms with Crippen molar-refractivity contribution in [2.45, 2.75) is 82.9 Å². The van der Waals surface area contributed by atoms with E-state index in [2.05, 4.69) is 79.8 Å². The van der Waals surface area contributed by atoms with Crippen molar-refractivity contribution in [3.63, 3.8) is 0 Å². The van der Waals surface area contributed by atoms with Crippen LogP contribution in [0.25, 0.3) is 0 Å². The number of rotatable bonds is 14. The number of allylic oxidation sites excluding steroid dienone is 12. The molecule has 0 bridgehead atoms. The van der Waals surface area contributed by atoms with Crippen LogP contribution in [0, 0.1) is 0 Å². The van der Waals surface area contributed by atoms with Crippen LogP contribution < -0.4 is 0 Å². The van der Waals surface area contributed by atoms with Gasteiger partial charge in [-0.1, -0.05) is 6.92 Å². The molecule has 0 aromatic carbocycles. The van der Waals surface area contributed by atoms with Crippen LogP contribution in [0.15, 0.2) is 72.9 Å². The number of hydrogen-bond donors (Lipinski definition) is 0. The van der Waals surface area contributed by atoms with E-state index >= 15 is 0 Å². The zero-order chi connectivity index (χ0) is 21.1. The van der Waals surface area contributed by atoms with E-state index in [1.54, 1.807) is 0 Å². The Morgan fingerprint density at radius 3 is 1.40 bits per heavy atom. The maximum atomic E-state index is 13.0. The molecule has 0 heterocycles. The molecule has 0 amide bonds. The summed E-state index contributed by atoms with van der Waals surface area (Å²) in [7, 11) is 0. The molecule has 30 heavy (non-hydrogen) atoms. The molecule has 0 saturated heterocycles. The molecule has 0 atom stereocenters. The minimum atomic E-state index is -3.50. The summed E-state index contributed by atoms with van der Waals surface area (Å²) in [5.41, 5.74) is 0. The Kier molecular flexibility index (Phi) is 9.77. The third kappa shape index (κ3) is 6.12. The van der Waals surface area contributed by atoms with Gasteiger partial charge in [0.15, 0.2) is 0 Å². The van der Waals surface area contributed by atoms with Gasteiger partial charge in [0.25, 0.3) is 0 Å². The van der Waals surface area contributed by atoms with Crippen LogP contribution >= 0.6 is 0 Å². The Bertz CT molecular complexity index is 620. The summed E-state index contributed by atoms with van der Waals surface area (Å²) in [6.45, 7) is 2.26. The van der Waals surface area contributed by atoms with Gasteiger partial charge in [-0.05, 0) is 0 Å². The quantitative estimate of drug-likeness (QED) is 0.175. The zero-order valence-corrected chi connectivity index (χ0v) is 21.4. The van der Waals surface area contributed by atoms with Gasteiger partial charge in [0, 0.05) is 0 Å². The molecule has 0 aromatic rings. The van der Waals surface area contributed by atoms with Crippen molar-refractivity contribution in [2.24, 2.45) is 0 Å². The molecule has 0 unspecified atom stereocenters. The number of hydrogen-bond acceptors (Lipinski definition) is 2. The maximum absolute atomic E-state index is 13.0. The minimum absolute atomic E-state index is 0.0323. The van der Waals surface area contributed by atoms with Crippen LogP contribution in [0.5, 0.6) is 0 Å². The van der Waals surface area contributed by atoms with Crippen molar-refractivity contribution in [3.8, 4) is 0 Å². The Hall–Kier alpha value is -1.29. The Morgan fingerprint density at radius 1 is 0.633 bits per heavy atom. The second-order valence-corrected chi connectivity index (χ2v) is 20.0. The first-order valence-corrected chi connectivity index (χ1v) is 18.1. The van der Waals surface area contributed by atoms with Gasteiger partial charge < -0.3 is 0 Å². The summed E-state index contributed by atoms with van der Waals surface area (Å²) in [5.74, 6) is 0.0323. The van der Waals surface area contributed by atoms with Gasteiger partial charge in [-0.25, -0.2) is 0 Å². The van der Waals surface area contributed by atoms with Crippen LogP contribution in [-0.4, -0.2) is 24.8 Å². The number of carbonyl (C=O) groups excluding carboxylic acids is 1. The van der Waals surface area contributed by atoms with Crippen molar-refractivity contribution in [1.29, 1.82) is 0 Å². The molecule has 0 radical (unpaired) electrons. The van der Waals surface area contributed by atoms with Gasteiger partial charge in [0.2, 0.25) is 0 Å². The molecule has 2 nitrogen and oxygen atoms in total. The molecule has 0 spiro atoms. The topological polar surface area (TPSA) is 26.3 Å². The van der Waals surface area contributed by atoms with Crippen molar-refractivity contribution in [2.75, 3.05) is 0 Å². The first-order chi connectivity index (χ1) is 14.8. The summed E-state index contributed by atoms with van der Waals surface area (Å²) in [6.07, 6.45) is 38.3. The van der Waals surface area contributed by atoms with E-state index in [9.17, 15) is 4.79 Å². The zero-order valence-electron chi connectivity index (χ0n) is 18.5. The summed E-state index contributed by atoms with van der Waals surface area (Å²) in [6, 6.07) is 0. The molecule has 3 aliphatic rings. The van der Waals surface area contributed by atoms with E-state index in [1.165, 1.54) is 44.9 Å². The monoisotopic (exact) mass is 514 g/mol. The average Bonchev–Trinajstić information content (AvgIpc) is 3.53. The van der Waals surface area contributed by atoms with Crippen LogP contribution in [0.1, 0.15) is 71.1 Å². The first-order valence-electron chi connectivity index (χ1n) is 12.0. The van der Waals surface area contributed by atoms with Crippen molar-refractivity contribution < 1.29 is 7.87 Å². The first kappa shape index (κ1) is 23.4. The van der Waals surface area contributed by atoms with Crippen LogP contribution in [0.4, 0.5) is 0 Å². The molecule has 3 heteroatoms. The molecule has 0 aliphatic heterocycles. The fourth-order valence-electron chi connectivity index (χ4n) is 4.90. The number of carbonyl (C=O) groups is 1. The van der Waals surface area contributed by atoms with Crippen molar-refractivity contribution in [1.82, 2.24) is 0 Å². The van der Waals surface area contributed by atoms with Crippen LogP contribution in [0.2, 0.25) is 11.8 Å². The second kappa shape index (κ2) is 12.5. The third-order valence-electron chi connectivity index (χ3n) is 6.58. The third-order valence-corrected chi connectivity index (χ3v) is 20.5. The molecular weight excluding hydrogens is 475 g/mol. The number of unbranched alkanes of at least 4 members (excludes halogenated alkanes) is 8. The molecule has 0 fully saturated rings. The predicted molar refractivity (Wildman–Crippen MR) is 130 cm³/mol. The van der Waals surface area contributed by atoms with Gasteiger partial charge in [0.1, 0.15) is 0 Å². The van der Waals surface area contributed by atoms with E-state index in [-0.39, 0.29) is 5.97 Å². The fraction of sp³-hybridized carbons (Fsp3) is 0.519. The molecule has 3 aliphatic carbocycles. The Balaban J connectivity index is 1.54. The van der Waals surface area contributed by atoms with E-state index in [4.69, 9.17) is 3.07 Å². The van der Waals surface area contributed by atoms with E-state index in [0.717, 1.165) is 12.8 Å². The van der Waals surface area contributed by atoms with E-state index in [0.29, 0.717) is 18.2 Å². The van der Waals surface area contributed by atoms with Crippen molar-refractivity contribution in [3.05, 3.63) is 72.9 Å². The predicted octanol–water partition coefficient (Wildman–Crippen LogP) is 7.88. The van der Waals surface area contributed by atoms with E-state index in [1.807, 2.05) is 0 Å². The second-order valence-electron chi connectivity index (χ2n) is 8.79. The standard InChI is InChI=1S/C12H24O2.3C5H5.Sn/c1-2-3-4-5-6-7-8-9-10-11-12(13)14;3*1-2-4-5-3-1;/h2-11H2,1H3,(H,13,14);3*1-5H;/q;;;;+1/p-1. The fourth-order valence-corrected chi connectivity index (χ4v) is 18.3. The summed E-state index contributed by atoms with van der Waals surface area (Å²) in [4.78, 5) is 13.0. The molecular formula is C27H38O2Sn. The van der Waals surface area contributed by atoms with Gasteiger partial charge in [-0.3, -0.25) is 0 Å². The van der Waals surface area contributed by atoms with Crippen molar-refractivity contribution >= 4 is 24.8 Å². The summed E-state index contributed by atoms with van der Waals surface area (Å²) < 4.78 is 7.50. The SMILES string of the molecule is CCCCCCCCCCCC(=O)[O][Sn]([CH]1C=CC=C1)([CH]1C=CC=C1)[CH]1C=CC=C1. The van der Waals surface area contributed by atoms with Gasteiger partial charge in [-0.2, -0.15) is 0 Å². The van der Waals surface area contributed by atoms with Gasteiger partial charge >= 0.3 is 182 Å². The van der Waals surface area contributed by atoms with Crippen LogP contribution in [0.3, 0.4) is 0 Å². The Labute approximate surface area is 188 Å². The normalized spacial score (nSPS) is 18.4. The molecule has 162 valence electrons. The Morgan fingerprint density at radius 2 is 1.00 bits per heavy atom. The van der Waals surface area contributed by atoms with Gasteiger partial charge in [0.05, 0.1) is 0 Å². The molecule has 3 rings (SSSR count). The summed E-state index contributed by atoms with van der Waals surface area (Å²) in [5, 5.41) is 0. The molecule has 0 N–H and O–H groups in total. The summed E-state index contributed by atoms with van der Waals surface area (Å²) >= 11 is -3.50. The molecule has 0 aromatic heterocycles. The van der Waals surface area contributed by atoms with Crippen LogP contribution in [-0.2, 0) is 7.87 Å². The van der Waals surface area contributed by atoms with Gasteiger partial charge in [-0.15, -0.1) is 0 Å². The average molecular weight is 513 g/mol. The molecule has 0 saturated carbocycles. The van der Waals surface area contributed by atoms with E-state index < -0.39 is 18.8 Å².